The van der Waals surface area contributed by atoms with E-state index in [4.69, 9.17) is 0 Å². The molecule has 0 heterocycles. The van der Waals surface area contributed by atoms with Crippen LogP contribution in [0.1, 0.15) is 25.0 Å². The second-order valence-corrected chi connectivity index (χ2v) is 13.4. The van der Waals surface area contributed by atoms with Crippen LogP contribution in [0.25, 0.3) is 54.9 Å². The first kappa shape index (κ1) is 28.3. The molecule has 0 aliphatic heterocycles. The van der Waals surface area contributed by atoms with Gasteiger partial charge in [-0.2, -0.15) is 0 Å². The monoisotopic (exact) mass is 613 g/mol. The highest BCUT2D eigenvalue weighted by Crippen LogP contribution is 2.50. The van der Waals surface area contributed by atoms with Gasteiger partial charge in [-0.05, 0) is 109 Å². The average Bonchev–Trinajstić information content (AvgIpc) is 3.37. The van der Waals surface area contributed by atoms with Gasteiger partial charge in [-0.15, -0.1) is 0 Å². The molecule has 228 valence electrons. The molecule has 0 aromatic heterocycles. The minimum absolute atomic E-state index is 0.0772. The number of fused-ring (bicyclic) bond motifs is 5. The molecular weight excluding hydrogens is 579 g/mol. The summed E-state index contributed by atoms with van der Waals surface area (Å²) < 4.78 is 0. The van der Waals surface area contributed by atoms with E-state index in [0.29, 0.717) is 0 Å². The molecule has 0 saturated carbocycles. The van der Waals surface area contributed by atoms with Crippen molar-refractivity contribution in [2.24, 2.45) is 0 Å². The Morgan fingerprint density at radius 3 is 1.81 bits per heavy atom. The fraction of sp³-hybridized carbons (Fsp3) is 0.0638. The third kappa shape index (κ3) is 4.62. The van der Waals surface area contributed by atoms with Gasteiger partial charge in [-0.3, -0.25) is 0 Å². The van der Waals surface area contributed by atoms with E-state index in [2.05, 4.69) is 195 Å². The van der Waals surface area contributed by atoms with Gasteiger partial charge in [0.05, 0.1) is 0 Å². The predicted octanol–water partition coefficient (Wildman–Crippen LogP) is 13.1. The highest BCUT2D eigenvalue weighted by molar-refractivity contribution is 6.00. The van der Waals surface area contributed by atoms with Gasteiger partial charge in [0.2, 0.25) is 0 Å². The summed E-state index contributed by atoms with van der Waals surface area (Å²) in [5, 5.41) is 4.99. The van der Waals surface area contributed by atoms with Crippen LogP contribution in [0.3, 0.4) is 0 Å². The smallest absolute Gasteiger partial charge is 0.0468 e. The zero-order valence-corrected chi connectivity index (χ0v) is 27.2. The van der Waals surface area contributed by atoms with Crippen molar-refractivity contribution in [2.75, 3.05) is 4.90 Å². The van der Waals surface area contributed by atoms with E-state index >= 15 is 0 Å². The van der Waals surface area contributed by atoms with Gasteiger partial charge in [-0.25, -0.2) is 0 Å². The zero-order valence-electron chi connectivity index (χ0n) is 27.2. The van der Waals surface area contributed by atoms with Crippen LogP contribution in [0.5, 0.6) is 0 Å². The summed E-state index contributed by atoms with van der Waals surface area (Å²) in [7, 11) is 0. The molecule has 0 radical (unpaired) electrons. The lowest BCUT2D eigenvalue weighted by Gasteiger charge is -2.28. The van der Waals surface area contributed by atoms with Crippen LogP contribution < -0.4 is 4.90 Å². The van der Waals surface area contributed by atoms with Crippen molar-refractivity contribution in [1.29, 1.82) is 0 Å². The number of nitrogens with zero attached hydrogens (tertiary/aromatic N) is 1. The molecule has 1 aliphatic carbocycles. The Morgan fingerprint density at radius 1 is 0.354 bits per heavy atom. The summed E-state index contributed by atoms with van der Waals surface area (Å²) in [5.41, 5.74) is 13.7. The number of hydrogen-bond donors (Lipinski definition) is 0. The van der Waals surface area contributed by atoms with Crippen LogP contribution in [0.15, 0.2) is 176 Å². The van der Waals surface area contributed by atoms with Crippen LogP contribution in [0, 0.1) is 0 Å². The predicted molar refractivity (Wildman–Crippen MR) is 205 cm³/mol. The van der Waals surface area contributed by atoms with Gasteiger partial charge in [0.25, 0.3) is 0 Å². The molecule has 0 fully saturated rings. The standard InChI is InChI=1S/C47H35N/c1-47(2)45-18-9-8-16-43(45)44-28-27-40(31-46(44)47)48(38-24-21-33(22-25-38)32-11-4-3-5-12-32)39-26-23-35-29-37(20-19-36(35)30-39)42-17-10-14-34-13-6-7-15-41(34)42/h3-31H,1-2H3. The molecule has 1 nitrogen and oxygen atoms in total. The molecule has 0 N–H and O–H groups in total. The molecule has 48 heavy (non-hydrogen) atoms. The molecule has 0 amide bonds. The maximum atomic E-state index is 2.41. The molecule has 9 rings (SSSR count). The molecule has 1 aliphatic rings. The third-order valence-corrected chi connectivity index (χ3v) is 10.2. The fourth-order valence-electron chi connectivity index (χ4n) is 7.73. The van der Waals surface area contributed by atoms with Crippen molar-refractivity contribution in [3.63, 3.8) is 0 Å². The van der Waals surface area contributed by atoms with Crippen molar-refractivity contribution in [3.05, 3.63) is 187 Å². The highest BCUT2D eigenvalue weighted by Gasteiger charge is 2.35. The Kier molecular flexibility index (Phi) is 6.55. The van der Waals surface area contributed by atoms with Crippen LogP contribution in [0.4, 0.5) is 17.1 Å². The second kappa shape index (κ2) is 11.1. The Labute approximate surface area is 282 Å². The van der Waals surface area contributed by atoms with Crippen LogP contribution in [-0.4, -0.2) is 0 Å². The molecular formula is C47H35N. The Bertz CT molecular complexity index is 2460. The van der Waals surface area contributed by atoms with Crippen LogP contribution >= 0.6 is 0 Å². The molecule has 0 unspecified atom stereocenters. The van der Waals surface area contributed by atoms with E-state index in [1.807, 2.05) is 0 Å². The lowest BCUT2D eigenvalue weighted by molar-refractivity contribution is 0.660. The summed E-state index contributed by atoms with van der Waals surface area (Å²) in [4.78, 5) is 2.41. The Balaban J connectivity index is 1.17. The van der Waals surface area contributed by atoms with E-state index in [0.717, 1.165) is 17.1 Å². The lowest BCUT2D eigenvalue weighted by Crippen LogP contribution is -2.16. The fourth-order valence-corrected chi connectivity index (χ4v) is 7.73. The van der Waals surface area contributed by atoms with Gasteiger partial charge in [0.15, 0.2) is 0 Å². The van der Waals surface area contributed by atoms with Gasteiger partial charge in [0, 0.05) is 22.5 Å². The van der Waals surface area contributed by atoms with Crippen LogP contribution in [-0.2, 0) is 5.41 Å². The number of hydrogen-bond acceptors (Lipinski definition) is 1. The molecule has 8 aromatic carbocycles. The largest absolute Gasteiger partial charge is 0.310 e. The second-order valence-electron chi connectivity index (χ2n) is 13.4. The number of anilines is 3. The van der Waals surface area contributed by atoms with Crippen molar-refractivity contribution in [3.8, 4) is 33.4 Å². The van der Waals surface area contributed by atoms with Gasteiger partial charge in [0.1, 0.15) is 0 Å². The van der Waals surface area contributed by atoms with E-state index in [1.54, 1.807) is 0 Å². The van der Waals surface area contributed by atoms with Crippen molar-refractivity contribution >= 4 is 38.6 Å². The molecule has 0 bridgehead atoms. The van der Waals surface area contributed by atoms with E-state index in [9.17, 15) is 0 Å². The van der Waals surface area contributed by atoms with E-state index in [-0.39, 0.29) is 5.41 Å². The quantitative estimate of drug-likeness (QED) is 0.187. The van der Waals surface area contributed by atoms with Gasteiger partial charge in [-0.1, -0.05) is 147 Å². The number of rotatable bonds is 5. The molecule has 0 spiro atoms. The third-order valence-electron chi connectivity index (χ3n) is 10.2. The van der Waals surface area contributed by atoms with Crippen LogP contribution in [0.2, 0.25) is 0 Å². The summed E-state index contributed by atoms with van der Waals surface area (Å²) >= 11 is 0. The first-order chi connectivity index (χ1) is 23.5. The molecule has 0 saturated heterocycles. The van der Waals surface area contributed by atoms with E-state index < -0.39 is 0 Å². The lowest BCUT2D eigenvalue weighted by atomic mass is 9.82. The summed E-state index contributed by atoms with van der Waals surface area (Å²) in [6, 6.07) is 64.4. The summed E-state index contributed by atoms with van der Waals surface area (Å²) in [5.74, 6) is 0. The normalized spacial score (nSPS) is 13.0. The first-order valence-corrected chi connectivity index (χ1v) is 16.8. The Hall–Kier alpha value is -5.92. The van der Waals surface area contributed by atoms with Gasteiger partial charge < -0.3 is 4.90 Å². The molecule has 0 atom stereocenters. The molecule has 8 aromatic rings. The van der Waals surface area contributed by atoms with Gasteiger partial charge >= 0.3 is 0 Å². The summed E-state index contributed by atoms with van der Waals surface area (Å²) in [6.45, 7) is 4.70. The minimum atomic E-state index is -0.0772. The van der Waals surface area contributed by atoms with E-state index in [1.165, 1.54) is 66.1 Å². The van der Waals surface area contributed by atoms with Crippen molar-refractivity contribution in [1.82, 2.24) is 0 Å². The summed E-state index contributed by atoms with van der Waals surface area (Å²) in [6.07, 6.45) is 0. The number of benzene rings is 8. The Morgan fingerprint density at radius 2 is 0.938 bits per heavy atom. The topological polar surface area (TPSA) is 3.24 Å². The first-order valence-electron chi connectivity index (χ1n) is 16.8. The average molecular weight is 614 g/mol. The SMILES string of the molecule is CC1(C)c2ccccc2-c2ccc(N(c3ccc(-c4ccccc4)cc3)c3ccc4cc(-c5cccc6ccccc56)ccc4c3)cc21. The van der Waals surface area contributed by atoms with Crippen molar-refractivity contribution < 1.29 is 0 Å². The molecule has 1 heteroatoms. The highest BCUT2D eigenvalue weighted by atomic mass is 15.1. The minimum Gasteiger partial charge on any atom is -0.310 e. The van der Waals surface area contributed by atoms with Crippen molar-refractivity contribution in [2.45, 2.75) is 19.3 Å². The maximum absolute atomic E-state index is 2.41. The zero-order chi connectivity index (χ0) is 32.2. The maximum Gasteiger partial charge on any atom is 0.0468 e.